The second-order valence-corrected chi connectivity index (χ2v) is 5.30. The number of aryl methyl sites for hydroxylation is 2. The fourth-order valence-electron chi connectivity index (χ4n) is 1.85. The van der Waals surface area contributed by atoms with Crippen molar-refractivity contribution in [2.24, 2.45) is 11.7 Å². The van der Waals surface area contributed by atoms with Gasteiger partial charge in [0.25, 0.3) is 0 Å². The van der Waals surface area contributed by atoms with Crippen molar-refractivity contribution in [3.8, 4) is 0 Å². The maximum Gasteiger partial charge on any atom is 0.110 e. The van der Waals surface area contributed by atoms with Crippen LogP contribution in [-0.2, 0) is 12.8 Å². The number of nitrogens with two attached hydrogens (primary N) is 1. The Morgan fingerprint density at radius 3 is 2.93 bits per heavy atom. The first-order chi connectivity index (χ1) is 6.72. The van der Waals surface area contributed by atoms with Crippen LogP contribution in [0.3, 0.4) is 0 Å². The average Bonchev–Trinajstić information content (AvgIpc) is 2.74. The lowest BCUT2D eigenvalue weighted by atomic mass is 10.0. The summed E-state index contributed by atoms with van der Waals surface area (Å²) in [5.41, 5.74) is 7.48. The predicted octanol–water partition coefficient (Wildman–Crippen LogP) is 2.68. The van der Waals surface area contributed by atoms with Gasteiger partial charge in [0.15, 0.2) is 0 Å². The SMILES string of the molecule is CCC(C)C(N)c1nc2c(s1)CCC2. The zero-order valence-corrected chi connectivity index (χ0v) is 9.73. The van der Waals surface area contributed by atoms with Gasteiger partial charge in [0.1, 0.15) is 5.01 Å². The van der Waals surface area contributed by atoms with Gasteiger partial charge in [-0.1, -0.05) is 20.3 Å². The zero-order chi connectivity index (χ0) is 10.1. The summed E-state index contributed by atoms with van der Waals surface area (Å²) in [6.07, 6.45) is 4.80. The largest absolute Gasteiger partial charge is 0.322 e. The molecule has 78 valence electrons. The van der Waals surface area contributed by atoms with Gasteiger partial charge in [-0.2, -0.15) is 0 Å². The van der Waals surface area contributed by atoms with Gasteiger partial charge >= 0.3 is 0 Å². The highest BCUT2D eigenvalue weighted by Crippen LogP contribution is 2.32. The van der Waals surface area contributed by atoms with Crippen LogP contribution in [0.2, 0.25) is 0 Å². The van der Waals surface area contributed by atoms with Gasteiger partial charge < -0.3 is 5.73 Å². The van der Waals surface area contributed by atoms with Crippen LogP contribution >= 0.6 is 11.3 Å². The van der Waals surface area contributed by atoms with E-state index in [0.29, 0.717) is 5.92 Å². The van der Waals surface area contributed by atoms with E-state index in [9.17, 15) is 0 Å². The molecule has 3 heteroatoms. The standard InChI is InChI=1S/C11H18N2S/c1-3-7(2)10(12)11-13-8-5-4-6-9(8)14-11/h7,10H,3-6,12H2,1-2H3. The first kappa shape index (κ1) is 10.1. The third-order valence-electron chi connectivity index (χ3n) is 3.15. The second-order valence-electron chi connectivity index (χ2n) is 4.19. The van der Waals surface area contributed by atoms with Gasteiger partial charge in [-0.05, 0) is 25.2 Å². The molecule has 2 unspecified atom stereocenters. The number of thiazole rings is 1. The van der Waals surface area contributed by atoms with Crippen LogP contribution in [0.1, 0.15) is 48.3 Å². The maximum atomic E-state index is 6.16. The number of nitrogens with zero attached hydrogens (tertiary/aromatic N) is 1. The molecule has 2 nitrogen and oxygen atoms in total. The molecule has 1 aliphatic rings. The van der Waals surface area contributed by atoms with Crippen molar-refractivity contribution >= 4 is 11.3 Å². The predicted molar refractivity (Wildman–Crippen MR) is 60.5 cm³/mol. The molecule has 0 aliphatic heterocycles. The smallest absolute Gasteiger partial charge is 0.110 e. The molecule has 0 saturated heterocycles. The van der Waals surface area contributed by atoms with E-state index < -0.39 is 0 Å². The van der Waals surface area contributed by atoms with Crippen molar-refractivity contribution in [2.45, 2.75) is 45.6 Å². The Hall–Kier alpha value is -0.410. The summed E-state index contributed by atoms with van der Waals surface area (Å²) in [6.45, 7) is 4.39. The van der Waals surface area contributed by atoms with Gasteiger partial charge in [0.2, 0.25) is 0 Å². The van der Waals surface area contributed by atoms with Gasteiger partial charge in [0, 0.05) is 4.88 Å². The van der Waals surface area contributed by atoms with Crippen molar-refractivity contribution in [1.29, 1.82) is 0 Å². The third-order valence-corrected chi connectivity index (χ3v) is 4.41. The molecule has 0 bridgehead atoms. The molecule has 1 aromatic heterocycles. The van der Waals surface area contributed by atoms with E-state index in [0.717, 1.165) is 11.4 Å². The Morgan fingerprint density at radius 1 is 1.50 bits per heavy atom. The van der Waals surface area contributed by atoms with Crippen LogP contribution in [-0.4, -0.2) is 4.98 Å². The summed E-state index contributed by atoms with van der Waals surface area (Å²) < 4.78 is 0. The fourth-order valence-corrected chi connectivity index (χ4v) is 3.14. The van der Waals surface area contributed by atoms with Gasteiger partial charge in [-0.25, -0.2) is 4.98 Å². The first-order valence-electron chi connectivity index (χ1n) is 5.46. The van der Waals surface area contributed by atoms with E-state index in [4.69, 9.17) is 5.73 Å². The molecular weight excluding hydrogens is 192 g/mol. The minimum absolute atomic E-state index is 0.149. The van der Waals surface area contributed by atoms with Crippen LogP contribution in [0.15, 0.2) is 0 Å². The van der Waals surface area contributed by atoms with Gasteiger partial charge in [0.05, 0.1) is 11.7 Å². The first-order valence-corrected chi connectivity index (χ1v) is 6.28. The molecule has 2 atom stereocenters. The number of aromatic nitrogens is 1. The Bertz CT molecular complexity index is 298. The normalized spacial score (nSPS) is 19.4. The molecule has 1 aromatic rings. The Morgan fingerprint density at radius 2 is 2.29 bits per heavy atom. The van der Waals surface area contributed by atoms with Crippen molar-refractivity contribution < 1.29 is 0 Å². The van der Waals surface area contributed by atoms with Crippen molar-refractivity contribution in [2.75, 3.05) is 0 Å². The maximum absolute atomic E-state index is 6.16. The second kappa shape index (κ2) is 3.99. The van der Waals surface area contributed by atoms with Crippen LogP contribution in [0, 0.1) is 5.92 Å². The summed E-state index contributed by atoms with van der Waals surface area (Å²) in [5.74, 6) is 0.543. The Kier molecular flexibility index (Phi) is 2.88. The van der Waals surface area contributed by atoms with E-state index in [1.165, 1.54) is 29.8 Å². The molecule has 2 N–H and O–H groups in total. The summed E-state index contributed by atoms with van der Waals surface area (Å²) in [7, 11) is 0. The fraction of sp³-hybridized carbons (Fsp3) is 0.727. The van der Waals surface area contributed by atoms with Gasteiger partial charge in [-0.15, -0.1) is 11.3 Å². The van der Waals surface area contributed by atoms with E-state index in [1.807, 2.05) is 11.3 Å². The highest BCUT2D eigenvalue weighted by Gasteiger charge is 2.22. The highest BCUT2D eigenvalue weighted by molar-refractivity contribution is 7.11. The molecule has 0 fully saturated rings. The summed E-state index contributed by atoms with van der Waals surface area (Å²) >= 11 is 1.84. The van der Waals surface area contributed by atoms with Crippen molar-refractivity contribution in [3.63, 3.8) is 0 Å². The molecule has 1 aliphatic carbocycles. The molecule has 0 amide bonds. The summed E-state index contributed by atoms with van der Waals surface area (Å²) in [6, 6.07) is 0.149. The zero-order valence-electron chi connectivity index (χ0n) is 8.92. The Labute approximate surface area is 89.5 Å². The molecule has 0 aromatic carbocycles. The lowest BCUT2D eigenvalue weighted by Crippen LogP contribution is -2.18. The number of hydrogen-bond donors (Lipinski definition) is 1. The van der Waals surface area contributed by atoms with Gasteiger partial charge in [-0.3, -0.25) is 0 Å². The van der Waals surface area contributed by atoms with E-state index in [2.05, 4.69) is 18.8 Å². The van der Waals surface area contributed by atoms with Crippen LogP contribution < -0.4 is 5.73 Å². The highest BCUT2D eigenvalue weighted by atomic mass is 32.1. The summed E-state index contributed by atoms with van der Waals surface area (Å²) in [4.78, 5) is 6.14. The number of fused-ring (bicyclic) bond motifs is 1. The van der Waals surface area contributed by atoms with E-state index in [-0.39, 0.29) is 6.04 Å². The lowest BCUT2D eigenvalue weighted by molar-refractivity contribution is 0.454. The summed E-state index contributed by atoms with van der Waals surface area (Å²) in [5, 5.41) is 1.16. The molecule has 14 heavy (non-hydrogen) atoms. The molecule has 2 rings (SSSR count). The molecule has 1 heterocycles. The number of rotatable bonds is 3. The van der Waals surface area contributed by atoms with Crippen molar-refractivity contribution in [3.05, 3.63) is 15.6 Å². The monoisotopic (exact) mass is 210 g/mol. The average molecular weight is 210 g/mol. The van der Waals surface area contributed by atoms with Crippen molar-refractivity contribution in [1.82, 2.24) is 4.98 Å². The minimum Gasteiger partial charge on any atom is -0.322 e. The topological polar surface area (TPSA) is 38.9 Å². The molecule has 0 saturated carbocycles. The van der Waals surface area contributed by atoms with E-state index in [1.54, 1.807) is 0 Å². The number of hydrogen-bond acceptors (Lipinski definition) is 3. The minimum atomic E-state index is 0.149. The molecule has 0 radical (unpaired) electrons. The molecular formula is C11H18N2S. The third kappa shape index (κ3) is 1.71. The van der Waals surface area contributed by atoms with Crippen LogP contribution in [0.5, 0.6) is 0 Å². The van der Waals surface area contributed by atoms with Crippen LogP contribution in [0.25, 0.3) is 0 Å². The van der Waals surface area contributed by atoms with Crippen LogP contribution in [0.4, 0.5) is 0 Å². The molecule has 0 spiro atoms. The van der Waals surface area contributed by atoms with E-state index >= 15 is 0 Å². The quantitative estimate of drug-likeness (QED) is 0.833. The Balaban J connectivity index is 2.17. The lowest BCUT2D eigenvalue weighted by Gasteiger charge is -2.15.